The largest absolute Gasteiger partial charge is 0.465 e. The zero-order chi connectivity index (χ0) is 22.3. The Morgan fingerprint density at radius 3 is 2.27 bits per heavy atom. The van der Waals surface area contributed by atoms with Crippen molar-refractivity contribution in [3.63, 3.8) is 0 Å². The van der Waals surface area contributed by atoms with Crippen molar-refractivity contribution in [1.82, 2.24) is 10.6 Å². The second kappa shape index (κ2) is 10.2. The number of alkyl carbamates (subject to hydrolysis) is 1. The number of thiophene rings is 1. The summed E-state index contributed by atoms with van der Waals surface area (Å²) in [7, 11) is 1.34. The molecule has 0 aliphatic rings. The molecule has 1 heterocycles. The average molecular weight is 433 g/mol. The Labute approximate surface area is 180 Å². The molecule has 1 unspecified atom stereocenters. The van der Waals surface area contributed by atoms with Crippen LogP contribution in [0.15, 0.2) is 36.4 Å². The SMILES string of the molecule is COC(=O)c1ccc(CCNC(=O)C(NC(=O)OC(C)(C)C)c2ccc(C)s2)cc1. The van der Waals surface area contributed by atoms with E-state index in [2.05, 4.69) is 15.4 Å². The standard InChI is InChI=1S/C22H28N2O5S/c1-14-6-11-17(30-14)18(24-21(27)29-22(2,3)4)19(25)23-13-12-15-7-9-16(10-8-15)20(26)28-5/h6-11,18H,12-13H2,1-5H3,(H,23,25)(H,24,27). The molecule has 1 atom stereocenters. The van der Waals surface area contributed by atoms with Crippen LogP contribution in [0.3, 0.4) is 0 Å². The Bertz CT molecular complexity index is 884. The van der Waals surface area contributed by atoms with Gasteiger partial charge in [0, 0.05) is 16.3 Å². The van der Waals surface area contributed by atoms with Gasteiger partial charge in [0.15, 0.2) is 0 Å². The molecule has 0 aliphatic heterocycles. The zero-order valence-corrected chi connectivity index (χ0v) is 18.7. The van der Waals surface area contributed by atoms with E-state index < -0.39 is 23.7 Å². The summed E-state index contributed by atoms with van der Waals surface area (Å²) in [6.45, 7) is 7.62. The lowest BCUT2D eigenvalue weighted by Gasteiger charge is -2.23. The number of ether oxygens (including phenoxy) is 2. The number of benzene rings is 1. The van der Waals surface area contributed by atoms with Crippen LogP contribution in [0.25, 0.3) is 0 Å². The fourth-order valence-corrected chi connectivity index (χ4v) is 3.59. The molecular formula is C22H28N2O5S. The summed E-state index contributed by atoms with van der Waals surface area (Å²) in [5.74, 6) is -0.703. The van der Waals surface area contributed by atoms with Gasteiger partial charge in [0.1, 0.15) is 11.6 Å². The predicted molar refractivity (Wildman–Crippen MR) is 116 cm³/mol. The highest BCUT2D eigenvalue weighted by atomic mass is 32.1. The maximum absolute atomic E-state index is 12.8. The molecule has 162 valence electrons. The van der Waals surface area contributed by atoms with Crippen molar-refractivity contribution in [3.05, 3.63) is 57.3 Å². The van der Waals surface area contributed by atoms with Gasteiger partial charge in [0.25, 0.3) is 0 Å². The zero-order valence-electron chi connectivity index (χ0n) is 17.9. The number of methoxy groups -OCH3 is 1. The fourth-order valence-electron chi connectivity index (χ4n) is 2.66. The molecule has 0 saturated heterocycles. The number of amides is 2. The molecule has 2 amide bonds. The van der Waals surface area contributed by atoms with Crippen molar-refractivity contribution in [3.8, 4) is 0 Å². The van der Waals surface area contributed by atoms with Gasteiger partial charge in [-0.25, -0.2) is 9.59 Å². The third kappa shape index (κ3) is 7.18. The number of esters is 1. The van der Waals surface area contributed by atoms with Gasteiger partial charge in [-0.05, 0) is 63.9 Å². The quantitative estimate of drug-likeness (QED) is 0.650. The first-order valence-electron chi connectivity index (χ1n) is 9.60. The van der Waals surface area contributed by atoms with E-state index in [9.17, 15) is 14.4 Å². The van der Waals surface area contributed by atoms with Crippen molar-refractivity contribution in [2.75, 3.05) is 13.7 Å². The molecule has 0 bridgehead atoms. The molecule has 8 heteroatoms. The first kappa shape index (κ1) is 23.4. The van der Waals surface area contributed by atoms with Crippen LogP contribution in [0.4, 0.5) is 4.79 Å². The topological polar surface area (TPSA) is 93.7 Å². The Hall–Kier alpha value is -2.87. The van der Waals surface area contributed by atoms with E-state index in [1.807, 2.05) is 31.2 Å². The van der Waals surface area contributed by atoms with Crippen LogP contribution >= 0.6 is 11.3 Å². The molecule has 2 N–H and O–H groups in total. The fraction of sp³-hybridized carbons (Fsp3) is 0.409. The lowest BCUT2D eigenvalue weighted by molar-refractivity contribution is -0.123. The van der Waals surface area contributed by atoms with Crippen LogP contribution in [0, 0.1) is 6.92 Å². The Morgan fingerprint density at radius 1 is 1.07 bits per heavy atom. The van der Waals surface area contributed by atoms with E-state index >= 15 is 0 Å². The van der Waals surface area contributed by atoms with E-state index in [4.69, 9.17) is 4.74 Å². The van der Waals surface area contributed by atoms with Gasteiger partial charge in [-0.3, -0.25) is 4.79 Å². The number of aryl methyl sites for hydroxylation is 1. The number of carbonyl (C=O) groups excluding carboxylic acids is 3. The molecule has 0 spiro atoms. The maximum Gasteiger partial charge on any atom is 0.408 e. The number of carbonyl (C=O) groups is 3. The molecular weight excluding hydrogens is 404 g/mol. The van der Waals surface area contributed by atoms with Crippen LogP contribution in [0.2, 0.25) is 0 Å². The Balaban J connectivity index is 1.98. The van der Waals surface area contributed by atoms with Gasteiger partial charge < -0.3 is 20.1 Å². The number of nitrogens with one attached hydrogen (secondary N) is 2. The molecule has 30 heavy (non-hydrogen) atoms. The lowest BCUT2D eigenvalue weighted by Crippen LogP contribution is -2.42. The van der Waals surface area contributed by atoms with Crippen LogP contribution in [-0.4, -0.2) is 37.2 Å². The van der Waals surface area contributed by atoms with Crippen molar-refractivity contribution >= 4 is 29.3 Å². The number of hydrogen-bond donors (Lipinski definition) is 2. The molecule has 7 nitrogen and oxygen atoms in total. The van der Waals surface area contributed by atoms with E-state index in [0.29, 0.717) is 18.5 Å². The van der Waals surface area contributed by atoms with Crippen LogP contribution in [0.5, 0.6) is 0 Å². The van der Waals surface area contributed by atoms with Gasteiger partial charge in [0.2, 0.25) is 5.91 Å². The highest BCUT2D eigenvalue weighted by molar-refractivity contribution is 7.12. The second-order valence-electron chi connectivity index (χ2n) is 7.76. The Kier molecular flexibility index (Phi) is 8.00. The minimum Gasteiger partial charge on any atom is -0.465 e. The van der Waals surface area contributed by atoms with Gasteiger partial charge in [-0.2, -0.15) is 0 Å². The third-order valence-corrected chi connectivity index (χ3v) is 5.12. The molecule has 2 aromatic rings. The number of rotatable bonds is 7. The monoisotopic (exact) mass is 432 g/mol. The highest BCUT2D eigenvalue weighted by Gasteiger charge is 2.26. The van der Waals surface area contributed by atoms with Gasteiger partial charge in [0.05, 0.1) is 12.7 Å². The average Bonchev–Trinajstić information content (AvgIpc) is 3.10. The van der Waals surface area contributed by atoms with Gasteiger partial charge >= 0.3 is 12.1 Å². The summed E-state index contributed by atoms with van der Waals surface area (Å²) in [5, 5.41) is 5.53. The smallest absolute Gasteiger partial charge is 0.408 e. The molecule has 0 aliphatic carbocycles. The second-order valence-corrected chi connectivity index (χ2v) is 9.08. The Morgan fingerprint density at radius 2 is 1.73 bits per heavy atom. The summed E-state index contributed by atoms with van der Waals surface area (Å²) >= 11 is 1.45. The molecule has 1 aromatic heterocycles. The molecule has 2 rings (SSSR count). The van der Waals surface area contributed by atoms with Crippen molar-refractivity contribution in [1.29, 1.82) is 0 Å². The first-order chi connectivity index (χ1) is 14.1. The number of hydrogen-bond acceptors (Lipinski definition) is 6. The summed E-state index contributed by atoms with van der Waals surface area (Å²) in [6.07, 6.45) is -0.0670. The van der Waals surface area contributed by atoms with Gasteiger partial charge in [-0.15, -0.1) is 11.3 Å². The van der Waals surface area contributed by atoms with E-state index in [-0.39, 0.29) is 5.91 Å². The van der Waals surface area contributed by atoms with Gasteiger partial charge in [-0.1, -0.05) is 12.1 Å². The highest BCUT2D eigenvalue weighted by Crippen LogP contribution is 2.23. The van der Waals surface area contributed by atoms with Crippen molar-refractivity contribution < 1.29 is 23.9 Å². The molecule has 1 aromatic carbocycles. The van der Waals surface area contributed by atoms with E-state index in [1.165, 1.54) is 18.4 Å². The molecule has 0 saturated carbocycles. The molecule has 0 fully saturated rings. The minimum atomic E-state index is -0.833. The minimum absolute atomic E-state index is 0.311. The normalized spacial score (nSPS) is 12.0. The van der Waals surface area contributed by atoms with Crippen molar-refractivity contribution in [2.24, 2.45) is 0 Å². The molecule has 0 radical (unpaired) electrons. The van der Waals surface area contributed by atoms with Crippen molar-refractivity contribution in [2.45, 2.75) is 45.8 Å². The lowest BCUT2D eigenvalue weighted by atomic mass is 10.1. The summed E-state index contributed by atoms with van der Waals surface area (Å²) in [6, 6.07) is 9.90. The maximum atomic E-state index is 12.8. The predicted octanol–water partition coefficient (Wildman–Crippen LogP) is 3.77. The summed E-state index contributed by atoms with van der Waals surface area (Å²) in [4.78, 5) is 38.3. The van der Waals surface area contributed by atoms with Crippen LogP contribution in [0.1, 0.15) is 52.5 Å². The third-order valence-electron chi connectivity index (χ3n) is 4.06. The summed E-state index contributed by atoms with van der Waals surface area (Å²) in [5.41, 5.74) is 0.777. The van der Waals surface area contributed by atoms with Crippen LogP contribution < -0.4 is 10.6 Å². The van der Waals surface area contributed by atoms with E-state index in [0.717, 1.165) is 15.3 Å². The van der Waals surface area contributed by atoms with Crippen LogP contribution in [-0.2, 0) is 20.7 Å². The summed E-state index contributed by atoms with van der Waals surface area (Å²) < 4.78 is 9.98. The first-order valence-corrected chi connectivity index (χ1v) is 10.4. The van der Waals surface area contributed by atoms with E-state index in [1.54, 1.807) is 32.9 Å².